The highest BCUT2D eigenvalue weighted by Gasteiger charge is 2.23. The second kappa shape index (κ2) is 8.35. The van der Waals surface area contributed by atoms with E-state index in [4.69, 9.17) is 5.11 Å². The molecule has 8 heteroatoms. The maximum atomic E-state index is 13.0. The van der Waals surface area contributed by atoms with Crippen molar-refractivity contribution in [2.24, 2.45) is 0 Å². The molecule has 0 bridgehead atoms. The van der Waals surface area contributed by atoms with Gasteiger partial charge >= 0.3 is 5.97 Å². The predicted molar refractivity (Wildman–Crippen MR) is 108 cm³/mol. The predicted octanol–water partition coefficient (Wildman–Crippen LogP) is 2.75. The van der Waals surface area contributed by atoms with Crippen LogP contribution in [-0.4, -0.2) is 44.5 Å². The molecule has 0 unspecified atom stereocenters. The Morgan fingerprint density at radius 3 is 2.61 bits per heavy atom. The first-order valence-electron chi connectivity index (χ1n) is 8.96. The summed E-state index contributed by atoms with van der Waals surface area (Å²) in [6.45, 7) is 4.47. The Morgan fingerprint density at radius 1 is 1.25 bits per heavy atom. The summed E-state index contributed by atoms with van der Waals surface area (Å²) in [6.07, 6.45) is 1.38. The van der Waals surface area contributed by atoms with E-state index < -0.39 is 5.97 Å². The number of hydrogen-bond donors (Lipinski definition) is 1. The highest BCUT2D eigenvalue weighted by atomic mass is 32.1. The Kier molecular flexibility index (Phi) is 5.89. The second-order valence-electron chi connectivity index (χ2n) is 6.43. The molecule has 1 aromatic carbocycles. The smallest absolute Gasteiger partial charge is 0.305 e. The molecule has 146 valence electrons. The van der Waals surface area contributed by atoms with E-state index in [2.05, 4.69) is 4.98 Å². The van der Waals surface area contributed by atoms with E-state index in [1.807, 2.05) is 30.3 Å². The van der Waals surface area contributed by atoms with Gasteiger partial charge in [-0.1, -0.05) is 30.3 Å². The molecule has 0 aliphatic heterocycles. The Bertz CT molecular complexity index is 1070. The van der Waals surface area contributed by atoms with Gasteiger partial charge < -0.3 is 10.0 Å². The van der Waals surface area contributed by atoms with E-state index in [-0.39, 0.29) is 24.4 Å². The zero-order valence-electron chi connectivity index (χ0n) is 15.7. The van der Waals surface area contributed by atoms with Crippen LogP contribution < -0.4 is 5.56 Å². The molecular formula is C20H21N3O4S. The van der Waals surface area contributed by atoms with Gasteiger partial charge in [-0.15, -0.1) is 11.3 Å². The molecule has 0 saturated heterocycles. The average Bonchev–Trinajstić information content (AvgIpc) is 3.02. The number of aryl methyl sites for hydroxylation is 1. The molecule has 2 heterocycles. The van der Waals surface area contributed by atoms with E-state index in [1.54, 1.807) is 13.8 Å². The van der Waals surface area contributed by atoms with E-state index in [9.17, 15) is 14.4 Å². The Morgan fingerprint density at radius 2 is 1.96 bits per heavy atom. The molecule has 0 radical (unpaired) electrons. The van der Waals surface area contributed by atoms with Gasteiger partial charge in [-0.2, -0.15) is 0 Å². The zero-order chi connectivity index (χ0) is 20.3. The van der Waals surface area contributed by atoms with Crippen molar-refractivity contribution >= 4 is 33.4 Å². The van der Waals surface area contributed by atoms with E-state index in [0.29, 0.717) is 33.7 Å². The second-order valence-corrected chi connectivity index (χ2v) is 7.43. The quantitative estimate of drug-likeness (QED) is 0.659. The number of hydrogen-bond acceptors (Lipinski definition) is 5. The first kappa shape index (κ1) is 19.8. The average molecular weight is 399 g/mol. The number of amides is 1. The molecule has 0 fully saturated rings. The lowest BCUT2D eigenvalue weighted by Gasteiger charge is -2.19. The SMILES string of the molecule is CCN(CCC(=O)O)C(=O)c1sc2ncn(Cc3ccccc3)c(=O)c2c1C. The van der Waals surface area contributed by atoms with Crippen LogP contribution in [0, 0.1) is 6.92 Å². The van der Waals surface area contributed by atoms with Crippen LogP contribution in [0.25, 0.3) is 10.2 Å². The van der Waals surface area contributed by atoms with E-state index >= 15 is 0 Å². The number of nitrogens with zero attached hydrogens (tertiary/aromatic N) is 3. The molecule has 28 heavy (non-hydrogen) atoms. The first-order chi connectivity index (χ1) is 13.4. The minimum atomic E-state index is -0.954. The number of fused-ring (bicyclic) bond motifs is 1. The van der Waals surface area contributed by atoms with Crippen LogP contribution in [0.4, 0.5) is 0 Å². The minimum absolute atomic E-state index is 0.119. The molecule has 1 N–H and O–H groups in total. The molecule has 0 aliphatic carbocycles. The summed E-state index contributed by atoms with van der Waals surface area (Å²) in [7, 11) is 0. The number of benzene rings is 1. The van der Waals surface area contributed by atoms with Crippen LogP contribution >= 0.6 is 11.3 Å². The molecular weight excluding hydrogens is 378 g/mol. The van der Waals surface area contributed by atoms with Crippen molar-refractivity contribution in [2.75, 3.05) is 13.1 Å². The largest absolute Gasteiger partial charge is 0.481 e. The van der Waals surface area contributed by atoms with Crippen molar-refractivity contribution in [1.29, 1.82) is 0 Å². The number of carbonyl (C=O) groups excluding carboxylic acids is 1. The maximum absolute atomic E-state index is 13.0. The fourth-order valence-corrected chi connectivity index (χ4v) is 4.14. The molecule has 7 nitrogen and oxygen atoms in total. The molecule has 0 spiro atoms. The van der Waals surface area contributed by atoms with Gasteiger partial charge in [-0.3, -0.25) is 19.0 Å². The fourth-order valence-electron chi connectivity index (χ4n) is 3.03. The summed E-state index contributed by atoms with van der Waals surface area (Å²) >= 11 is 1.18. The topological polar surface area (TPSA) is 92.5 Å². The molecule has 0 atom stereocenters. The fraction of sp³-hybridized carbons (Fsp3) is 0.300. The maximum Gasteiger partial charge on any atom is 0.305 e. The molecule has 0 aliphatic rings. The number of thiophene rings is 1. The van der Waals surface area contributed by atoms with Crippen LogP contribution in [0.15, 0.2) is 41.5 Å². The number of carboxylic acid groups (broad SMARTS) is 1. The highest BCUT2D eigenvalue weighted by Crippen LogP contribution is 2.28. The third-order valence-electron chi connectivity index (χ3n) is 4.57. The van der Waals surface area contributed by atoms with Gasteiger partial charge in [-0.05, 0) is 25.0 Å². The zero-order valence-corrected chi connectivity index (χ0v) is 16.5. The van der Waals surface area contributed by atoms with Crippen molar-refractivity contribution in [3.05, 3.63) is 63.0 Å². The van der Waals surface area contributed by atoms with Gasteiger partial charge in [0.2, 0.25) is 0 Å². The normalized spacial score (nSPS) is 10.9. The number of aromatic nitrogens is 2. The summed E-state index contributed by atoms with van der Waals surface area (Å²) < 4.78 is 1.54. The van der Waals surface area contributed by atoms with Gasteiger partial charge in [0.05, 0.1) is 29.6 Å². The Hall–Kier alpha value is -3.00. The van der Waals surface area contributed by atoms with Crippen LogP contribution in [0.3, 0.4) is 0 Å². The standard InChI is InChI=1S/C20H21N3O4S/c1-3-22(10-9-15(24)25)20(27)17-13(2)16-18(28-17)21-12-23(19(16)26)11-14-7-5-4-6-8-14/h4-8,12H,3,9-11H2,1-2H3,(H,24,25). The van der Waals surface area contributed by atoms with Crippen LogP contribution in [0.1, 0.15) is 34.1 Å². The Labute approximate surface area is 165 Å². The number of rotatable bonds is 7. The molecule has 0 saturated carbocycles. The summed E-state index contributed by atoms with van der Waals surface area (Å²) in [5.74, 6) is -1.22. The summed E-state index contributed by atoms with van der Waals surface area (Å²) in [5.41, 5.74) is 1.40. The lowest BCUT2D eigenvalue weighted by atomic mass is 10.2. The van der Waals surface area contributed by atoms with E-state index in [1.165, 1.54) is 27.1 Å². The van der Waals surface area contributed by atoms with Crippen molar-refractivity contribution < 1.29 is 14.7 Å². The van der Waals surface area contributed by atoms with Crippen molar-refractivity contribution in [3.8, 4) is 0 Å². The van der Waals surface area contributed by atoms with Crippen molar-refractivity contribution in [2.45, 2.75) is 26.8 Å². The molecule has 1 amide bonds. The van der Waals surface area contributed by atoms with Crippen LogP contribution in [0.5, 0.6) is 0 Å². The van der Waals surface area contributed by atoms with Gasteiger partial charge in [0, 0.05) is 13.1 Å². The molecule has 2 aromatic heterocycles. The summed E-state index contributed by atoms with van der Waals surface area (Å²) in [4.78, 5) is 43.5. The minimum Gasteiger partial charge on any atom is -0.481 e. The monoisotopic (exact) mass is 399 g/mol. The lowest BCUT2D eigenvalue weighted by molar-refractivity contribution is -0.137. The van der Waals surface area contributed by atoms with Crippen molar-refractivity contribution in [1.82, 2.24) is 14.5 Å². The molecule has 3 aromatic rings. The van der Waals surface area contributed by atoms with Crippen LogP contribution in [-0.2, 0) is 11.3 Å². The van der Waals surface area contributed by atoms with Crippen molar-refractivity contribution in [3.63, 3.8) is 0 Å². The van der Waals surface area contributed by atoms with Gasteiger partial charge in [0.15, 0.2) is 0 Å². The first-order valence-corrected chi connectivity index (χ1v) is 9.77. The van der Waals surface area contributed by atoms with E-state index in [0.717, 1.165) is 5.56 Å². The summed E-state index contributed by atoms with van der Waals surface area (Å²) in [5, 5.41) is 9.32. The molecule has 3 rings (SSSR count). The number of carboxylic acids is 1. The van der Waals surface area contributed by atoms with Gasteiger partial charge in [0.25, 0.3) is 11.5 Å². The highest BCUT2D eigenvalue weighted by molar-refractivity contribution is 7.20. The number of aliphatic carboxylic acids is 1. The third kappa shape index (κ3) is 3.96. The van der Waals surface area contributed by atoms with Gasteiger partial charge in [-0.25, -0.2) is 4.98 Å². The Balaban J connectivity index is 1.96. The number of carbonyl (C=O) groups is 2. The summed E-state index contributed by atoms with van der Waals surface area (Å²) in [6, 6.07) is 9.62. The lowest BCUT2D eigenvalue weighted by Crippen LogP contribution is -2.32. The van der Waals surface area contributed by atoms with Gasteiger partial charge in [0.1, 0.15) is 4.83 Å². The third-order valence-corrected chi connectivity index (χ3v) is 5.76. The van der Waals surface area contributed by atoms with Crippen LogP contribution in [0.2, 0.25) is 0 Å².